The summed E-state index contributed by atoms with van der Waals surface area (Å²) >= 11 is 0. The smallest absolute Gasteiger partial charge is 0.323 e. The van der Waals surface area contributed by atoms with Crippen LogP contribution < -0.4 is 10.6 Å². The minimum atomic E-state index is -0.510. The number of nitrogens with zero attached hydrogens (tertiary/aromatic N) is 1. The van der Waals surface area contributed by atoms with Gasteiger partial charge in [-0.25, -0.2) is 4.79 Å². The zero-order valence-electron chi connectivity index (χ0n) is 11.2. The summed E-state index contributed by atoms with van der Waals surface area (Å²) in [6.45, 7) is 1.75. The van der Waals surface area contributed by atoms with Crippen LogP contribution in [-0.4, -0.2) is 16.1 Å². The summed E-state index contributed by atoms with van der Waals surface area (Å²) in [5, 5.41) is 25.0. The van der Waals surface area contributed by atoms with Crippen molar-refractivity contribution in [2.75, 3.05) is 10.6 Å². The van der Waals surface area contributed by atoms with E-state index in [9.17, 15) is 20.0 Å². The fourth-order valence-corrected chi connectivity index (χ4v) is 1.74. The normalized spacial score (nSPS) is 9.95. The van der Waals surface area contributed by atoms with Gasteiger partial charge >= 0.3 is 6.03 Å². The molecule has 3 N–H and O–H groups in total. The van der Waals surface area contributed by atoms with Crippen LogP contribution in [0.3, 0.4) is 0 Å². The lowest BCUT2D eigenvalue weighted by Gasteiger charge is -2.10. The summed E-state index contributed by atoms with van der Waals surface area (Å²) in [5.74, 6) is 0.119. The fourth-order valence-electron chi connectivity index (χ4n) is 1.74. The molecule has 2 aromatic rings. The summed E-state index contributed by atoms with van der Waals surface area (Å²) < 4.78 is 0. The van der Waals surface area contributed by atoms with Gasteiger partial charge in [0.2, 0.25) is 0 Å². The molecule has 0 aromatic heterocycles. The van der Waals surface area contributed by atoms with Crippen LogP contribution in [0.1, 0.15) is 5.56 Å². The molecule has 21 heavy (non-hydrogen) atoms. The maximum atomic E-state index is 11.8. The zero-order valence-corrected chi connectivity index (χ0v) is 11.2. The van der Waals surface area contributed by atoms with Gasteiger partial charge in [-0.1, -0.05) is 0 Å². The Balaban J connectivity index is 2.02. The molecule has 7 heteroatoms. The molecule has 0 saturated heterocycles. The van der Waals surface area contributed by atoms with Crippen molar-refractivity contribution in [1.82, 2.24) is 0 Å². The van der Waals surface area contributed by atoms with Crippen molar-refractivity contribution < 1.29 is 14.8 Å². The van der Waals surface area contributed by atoms with E-state index in [0.717, 1.165) is 0 Å². The Morgan fingerprint density at radius 1 is 1.14 bits per heavy atom. The molecule has 0 fully saturated rings. The van der Waals surface area contributed by atoms with E-state index in [0.29, 0.717) is 16.9 Å². The molecule has 2 aromatic carbocycles. The number of rotatable bonds is 3. The number of phenolic OH excluding ortho intramolecular Hbond substituents is 1. The molecule has 0 aliphatic rings. The van der Waals surface area contributed by atoms with Gasteiger partial charge in [0.15, 0.2) is 0 Å². The first kappa shape index (κ1) is 14.3. The number of hydrogen-bond acceptors (Lipinski definition) is 4. The van der Waals surface area contributed by atoms with Crippen LogP contribution in [0.15, 0.2) is 42.5 Å². The highest BCUT2D eigenvalue weighted by atomic mass is 16.6. The number of anilines is 2. The molecular weight excluding hydrogens is 274 g/mol. The highest BCUT2D eigenvalue weighted by Gasteiger charge is 2.08. The number of aryl methyl sites for hydroxylation is 1. The molecule has 0 unspecified atom stereocenters. The van der Waals surface area contributed by atoms with Crippen LogP contribution in [0.2, 0.25) is 0 Å². The van der Waals surface area contributed by atoms with Crippen LogP contribution in [0.5, 0.6) is 5.75 Å². The monoisotopic (exact) mass is 287 g/mol. The van der Waals surface area contributed by atoms with E-state index in [1.165, 1.54) is 36.4 Å². The Morgan fingerprint density at radius 3 is 2.38 bits per heavy atom. The van der Waals surface area contributed by atoms with Crippen molar-refractivity contribution in [1.29, 1.82) is 0 Å². The first-order valence-corrected chi connectivity index (χ1v) is 6.08. The van der Waals surface area contributed by atoms with E-state index in [-0.39, 0.29) is 11.4 Å². The van der Waals surface area contributed by atoms with Crippen LogP contribution in [0.4, 0.5) is 21.9 Å². The lowest BCUT2D eigenvalue weighted by molar-refractivity contribution is -0.384. The average Bonchev–Trinajstić information content (AvgIpc) is 2.42. The van der Waals surface area contributed by atoms with Crippen molar-refractivity contribution in [2.24, 2.45) is 0 Å². The van der Waals surface area contributed by atoms with Crippen LogP contribution in [-0.2, 0) is 0 Å². The SMILES string of the molecule is Cc1cc(O)ccc1NC(=O)Nc1ccc([N+](=O)[O-])cc1. The maximum Gasteiger partial charge on any atom is 0.323 e. The minimum absolute atomic E-state index is 0.0460. The second kappa shape index (κ2) is 5.91. The third-order valence-electron chi connectivity index (χ3n) is 2.79. The van der Waals surface area contributed by atoms with Crippen molar-refractivity contribution >= 4 is 23.1 Å². The number of non-ortho nitro benzene ring substituents is 1. The molecule has 2 rings (SSSR count). The fraction of sp³-hybridized carbons (Fsp3) is 0.0714. The first-order chi connectivity index (χ1) is 9.95. The quantitative estimate of drug-likeness (QED) is 0.457. The standard InChI is InChI=1S/C14H13N3O4/c1-9-8-12(18)6-7-13(9)16-14(19)15-10-2-4-11(5-3-10)17(20)21/h2-8,18H,1H3,(H2,15,16,19). The van der Waals surface area contributed by atoms with Crippen LogP contribution in [0.25, 0.3) is 0 Å². The highest BCUT2D eigenvalue weighted by molar-refractivity contribution is 6.00. The third kappa shape index (κ3) is 3.69. The lowest BCUT2D eigenvalue weighted by Crippen LogP contribution is -2.19. The van der Waals surface area contributed by atoms with Crippen molar-refractivity contribution in [3.8, 4) is 5.75 Å². The number of aromatic hydroxyl groups is 1. The van der Waals surface area contributed by atoms with Gasteiger partial charge in [-0.05, 0) is 42.8 Å². The number of nitrogens with one attached hydrogen (secondary N) is 2. The highest BCUT2D eigenvalue weighted by Crippen LogP contribution is 2.20. The van der Waals surface area contributed by atoms with E-state index in [1.807, 2.05) is 0 Å². The molecule has 0 bridgehead atoms. The lowest BCUT2D eigenvalue weighted by atomic mass is 10.2. The van der Waals surface area contributed by atoms with Gasteiger partial charge in [-0.15, -0.1) is 0 Å². The number of nitro benzene ring substituents is 1. The molecule has 0 radical (unpaired) electrons. The predicted octanol–water partition coefficient (Wildman–Crippen LogP) is 3.25. The van der Waals surface area contributed by atoms with Gasteiger partial charge < -0.3 is 15.7 Å². The molecule has 2 amide bonds. The van der Waals surface area contributed by atoms with E-state index in [4.69, 9.17) is 0 Å². The van der Waals surface area contributed by atoms with Gasteiger partial charge in [0, 0.05) is 23.5 Å². The van der Waals surface area contributed by atoms with Gasteiger partial charge in [0.05, 0.1) is 4.92 Å². The summed E-state index contributed by atoms with van der Waals surface area (Å²) in [6.07, 6.45) is 0. The number of amides is 2. The Kier molecular flexibility index (Phi) is 4.03. The molecule has 0 heterocycles. The summed E-state index contributed by atoms with van der Waals surface area (Å²) in [4.78, 5) is 21.8. The maximum absolute atomic E-state index is 11.8. The van der Waals surface area contributed by atoms with Crippen LogP contribution in [0, 0.1) is 17.0 Å². The molecule has 0 aliphatic heterocycles. The van der Waals surface area contributed by atoms with Gasteiger partial charge in [-0.2, -0.15) is 0 Å². The van der Waals surface area contributed by atoms with E-state index in [1.54, 1.807) is 13.0 Å². The second-order valence-electron chi connectivity index (χ2n) is 4.38. The predicted molar refractivity (Wildman–Crippen MR) is 78.6 cm³/mol. The zero-order chi connectivity index (χ0) is 15.4. The van der Waals surface area contributed by atoms with Gasteiger partial charge in [0.1, 0.15) is 5.75 Å². The number of benzene rings is 2. The molecule has 0 aliphatic carbocycles. The first-order valence-electron chi connectivity index (χ1n) is 6.08. The van der Waals surface area contributed by atoms with E-state index in [2.05, 4.69) is 10.6 Å². The largest absolute Gasteiger partial charge is 0.508 e. The number of nitro groups is 1. The number of urea groups is 1. The minimum Gasteiger partial charge on any atom is -0.508 e. The number of carbonyl (C=O) groups excluding carboxylic acids is 1. The number of phenols is 1. The molecule has 0 saturated carbocycles. The molecule has 0 atom stereocenters. The molecule has 7 nitrogen and oxygen atoms in total. The van der Waals surface area contributed by atoms with E-state index < -0.39 is 11.0 Å². The Morgan fingerprint density at radius 2 is 1.81 bits per heavy atom. The summed E-state index contributed by atoms with van der Waals surface area (Å²) in [6, 6.07) is 9.61. The van der Waals surface area contributed by atoms with Crippen molar-refractivity contribution in [2.45, 2.75) is 6.92 Å². The average molecular weight is 287 g/mol. The third-order valence-corrected chi connectivity index (χ3v) is 2.79. The van der Waals surface area contributed by atoms with Gasteiger partial charge in [-0.3, -0.25) is 10.1 Å². The van der Waals surface area contributed by atoms with Crippen molar-refractivity contribution in [3.05, 3.63) is 58.1 Å². The molecule has 108 valence electrons. The second-order valence-corrected chi connectivity index (χ2v) is 4.38. The Bertz CT molecular complexity index is 683. The Labute approximate surface area is 120 Å². The molecular formula is C14H13N3O4. The van der Waals surface area contributed by atoms with Crippen LogP contribution >= 0.6 is 0 Å². The molecule has 0 spiro atoms. The topological polar surface area (TPSA) is 104 Å². The summed E-state index contributed by atoms with van der Waals surface area (Å²) in [7, 11) is 0. The van der Waals surface area contributed by atoms with Crippen molar-refractivity contribution in [3.63, 3.8) is 0 Å². The Hall–Kier alpha value is -3.09. The van der Waals surface area contributed by atoms with E-state index >= 15 is 0 Å². The summed E-state index contributed by atoms with van der Waals surface area (Å²) in [5.41, 5.74) is 1.67. The van der Waals surface area contributed by atoms with Gasteiger partial charge in [0.25, 0.3) is 5.69 Å². The number of carbonyl (C=O) groups is 1. The number of hydrogen-bond donors (Lipinski definition) is 3.